The van der Waals surface area contributed by atoms with E-state index in [1.54, 1.807) is 6.33 Å². The lowest BCUT2D eigenvalue weighted by atomic mass is 9.91. The lowest BCUT2D eigenvalue weighted by molar-refractivity contribution is 0.202. The summed E-state index contributed by atoms with van der Waals surface area (Å²) in [5.41, 5.74) is 0.856. The molecule has 1 fully saturated rings. The Morgan fingerprint density at radius 2 is 2.39 bits per heavy atom. The lowest BCUT2D eigenvalue weighted by Gasteiger charge is -2.40. The van der Waals surface area contributed by atoms with Crippen LogP contribution >= 0.6 is 0 Å². The number of nitrogens with one attached hydrogen (secondary N) is 1. The highest BCUT2D eigenvalue weighted by Crippen LogP contribution is 2.30. The van der Waals surface area contributed by atoms with Gasteiger partial charge in [0.25, 0.3) is 0 Å². The molecule has 3 heterocycles. The minimum atomic E-state index is 0.159. The minimum Gasteiger partial charge on any atom is -0.394 e. The zero-order chi connectivity index (χ0) is 12.5. The number of fused-ring (bicyclic) bond motifs is 1. The molecule has 5 heteroatoms. The standard InChI is InChI=1S/C13H18N4O/c1-9-3-2-6-17(11(9)7-18)13-10-4-5-14-12(10)15-8-16-13/h4-5,8-9,11,18H,2-3,6-7H2,1H3,(H,14,15,16)/t9-,11-/m0/s1. The van der Waals surface area contributed by atoms with E-state index in [0.717, 1.165) is 29.8 Å². The van der Waals surface area contributed by atoms with Gasteiger partial charge in [-0.1, -0.05) is 6.92 Å². The van der Waals surface area contributed by atoms with Crippen molar-refractivity contribution in [2.75, 3.05) is 18.1 Å². The number of aromatic amines is 1. The molecule has 1 aliphatic heterocycles. The fourth-order valence-electron chi connectivity index (χ4n) is 2.88. The van der Waals surface area contributed by atoms with Crippen molar-refractivity contribution < 1.29 is 5.11 Å². The van der Waals surface area contributed by atoms with E-state index in [0.29, 0.717) is 5.92 Å². The number of H-pyrrole nitrogens is 1. The highest BCUT2D eigenvalue weighted by atomic mass is 16.3. The van der Waals surface area contributed by atoms with E-state index >= 15 is 0 Å². The molecule has 0 radical (unpaired) electrons. The van der Waals surface area contributed by atoms with E-state index in [4.69, 9.17) is 0 Å². The zero-order valence-corrected chi connectivity index (χ0v) is 10.5. The molecule has 2 N–H and O–H groups in total. The fourth-order valence-corrected chi connectivity index (χ4v) is 2.88. The van der Waals surface area contributed by atoms with Crippen molar-refractivity contribution in [3.05, 3.63) is 18.6 Å². The van der Waals surface area contributed by atoms with Gasteiger partial charge in [0.15, 0.2) is 0 Å². The molecule has 2 aromatic heterocycles. The van der Waals surface area contributed by atoms with Crippen LogP contribution in [0.3, 0.4) is 0 Å². The number of rotatable bonds is 2. The van der Waals surface area contributed by atoms with Crippen LogP contribution in [0.4, 0.5) is 5.82 Å². The first-order chi connectivity index (χ1) is 8.81. The molecular formula is C13H18N4O. The molecule has 3 rings (SSSR count). The first kappa shape index (κ1) is 11.5. The topological polar surface area (TPSA) is 65.0 Å². The Balaban J connectivity index is 2.04. The van der Waals surface area contributed by atoms with Gasteiger partial charge in [0, 0.05) is 12.7 Å². The van der Waals surface area contributed by atoms with Gasteiger partial charge in [-0.05, 0) is 24.8 Å². The number of piperidine rings is 1. The smallest absolute Gasteiger partial charge is 0.142 e. The molecule has 0 saturated carbocycles. The first-order valence-electron chi connectivity index (χ1n) is 6.47. The molecule has 0 bridgehead atoms. The Hall–Kier alpha value is -1.62. The molecule has 1 aliphatic rings. The molecule has 2 aromatic rings. The molecular weight excluding hydrogens is 228 g/mol. The summed E-state index contributed by atoms with van der Waals surface area (Å²) < 4.78 is 0. The van der Waals surface area contributed by atoms with Crippen molar-refractivity contribution in [1.82, 2.24) is 15.0 Å². The largest absolute Gasteiger partial charge is 0.394 e. The summed E-state index contributed by atoms with van der Waals surface area (Å²) in [7, 11) is 0. The van der Waals surface area contributed by atoms with Crippen LogP contribution in [0.1, 0.15) is 19.8 Å². The number of aliphatic hydroxyl groups excluding tert-OH is 1. The van der Waals surface area contributed by atoms with Crippen molar-refractivity contribution in [3.8, 4) is 0 Å². The normalized spacial score (nSPS) is 24.7. The maximum atomic E-state index is 9.62. The number of hydrogen-bond acceptors (Lipinski definition) is 4. The molecule has 2 atom stereocenters. The monoisotopic (exact) mass is 246 g/mol. The maximum absolute atomic E-state index is 9.62. The van der Waals surface area contributed by atoms with Gasteiger partial charge in [-0.2, -0.15) is 0 Å². The van der Waals surface area contributed by atoms with Crippen molar-refractivity contribution in [2.24, 2.45) is 5.92 Å². The van der Waals surface area contributed by atoms with Gasteiger partial charge >= 0.3 is 0 Å². The first-order valence-corrected chi connectivity index (χ1v) is 6.47. The number of hydrogen-bond donors (Lipinski definition) is 2. The van der Waals surface area contributed by atoms with E-state index < -0.39 is 0 Å². The molecule has 0 aliphatic carbocycles. The highest BCUT2D eigenvalue weighted by molar-refractivity contribution is 5.87. The van der Waals surface area contributed by atoms with Crippen LogP contribution in [0.25, 0.3) is 11.0 Å². The van der Waals surface area contributed by atoms with Gasteiger partial charge in [-0.25, -0.2) is 9.97 Å². The summed E-state index contributed by atoms with van der Waals surface area (Å²) >= 11 is 0. The van der Waals surface area contributed by atoms with Crippen LogP contribution in [-0.2, 0) is 0 Å². The van der Waals surface area contributed by atoms with Crippen LogP contribution in [0.15, 0.2) is 18.6 Å². The van der Waals surface area contributed by atoms with Crippen molar-refractivity contribution >= 4 is 16.9 Å². The maximum Gasteiger partial charge on any atom is 0.142 e. The molecule has 0 amide bonds. The number of aromatic nitrogens is 3. The average Bonchev–Trinajstić information content (AvgIpc) is 2.86. The van der Waals surface area contributed by atoms with Gasteiger partial charge in [-0.15, -0.1) is 0 Å². The third-order valence-electron chi connectivity index (χ3n) is 3.91. The van der Waals surface area contributed by atoms with Crippen molar-refractivity contribution in [2.45, 2.75) is 25.8 Å². The van der Waals surface area contributed by atoms with Gasteiger partial charge in [0.05, 0.1) is 18.0 Å². The molecule has 1 saturated heterocycles. The summed E-state index contributed by atoms with van der Waals surface area (Å²) in [5, 5.41) is 10.7. The Kier molecular flexibility index (Phi) is 2.91. The van der Waals surface area contributed by atoms with E-state index in [9.17, 15) is 5.11 Å². The second-order valence-corrected chi connectivity index (χ2v) is 5.00. The third-order valence-corrected chi connectivity index (χ3v) is 3.91. The second kappa shape index (κ2) is 4.57. The Morgan fingerprint density at radius 1 is 1.50 bits per heavy atom. The average molecular weight is 246 g/mol. The summed E-state index contributed by atoms with van der Waals surface area (Å²) in [6, 6.07) is 2.16. The van der Waals surface area contributed by atoms with E-state index in [1.807, 2.05) is 12.3 Å². The summed E-state index contributed by atoms with van der Waals surface area (Å²) in [4.78, 5) is 14.0. The number of aliphatic hydroxyl groups is 1. The van der Waals surface area contributed by atoms with E-state index in [1.165, 1.54) is 6.42 Å². The Bertz CT molecular complexity index is 539. The zero-order valence-electron chi connectivity index (χ0n) is 10.5. The molecule has 0 unspecified atom stereocenters. The van der Waals surface area contributed by atoms with Crippen LogP contribution in [0.5, 0.6) is 0 Å². The van der Waals surface area contributed by atoms with Crippen LogP contribution in [-0.4, -0.2) is 39.3 Å². The second-order valence-electron chi connectivity index (χ2n) is 5.00. The predicted octanol–water partition coefficient (Wildman–Crippen LogP) is 1.56. The van der Waals surface area contributed by atoms with Gasteiger partial charge < -0.3 is 15.0 Å². The quantitative estimate of drug-likeness (QED) is 0.844. The van der Waals surface area contributed by atoms with Crippen LogP contribution in [0, 0.1) is 5.92 Å². The van der Waals surface area contributed by atoms with Crippen LogP contribution < -0.4 is 4.90 Å². The molecule has 5 nitrogen and oxygen atoms in total. The van der Waals surface area contributed by atoms with E-state index in [-0.39, 0.29) is 12.6 Å². The van der Waals surface area contributed by atoms with Crippen molar-refractivity contribution in [3.63, 3.8) is 0 Å². The lowest BCUT2D eigenvalue weighted by Crippen LogP contribution is -2.47. The molecule has 0 aromatic carbocycles. The highest BCUT2D eigenvalue weighted by Gasteiger charge is 2.29. The number of anilines is 1. The summed E-state index contributed by atoms with van der Waals surface area (Å²) in [6.45, 7) is 3.33. The van der Waals surface area contributed by atoms with Crippen LogP contribution in [0.2, 0.25) is 0 Å². The van der Waals surface area contributed by atoms with Gasteiger partial charge in [-0.3, -0.25) is 0 Å². The van der Waals surface area contributed by atoms with E-state index in [2.05, 4.69) is 26.8 Å². The fraction of sp³-hybridized carbons (Fsp3) is 0.538. The van der Waals surface area contributed by atoms with Gasteiger partial charge in [0.1, 0.15) is 17.8 Å². The summed E-state index contributed by atoms with van der Waals surface area (Å²) in [6.07, 6.45) is 5.78. The molecule has 18 heavy (non-hydrogen) atoms. The SMILES string of the molecule is C[C@H]1CCCN(c2ncnc3[nH]ccc23)[C@H]1CO. The minimum absolute atomic E-state index is 0.159. The molecule has 96 valence electrons. The number of nitrogens with zero attached hydrogens (tertiary/aromatic N) is 3. The predicted molar refractivity (Wildman–Crippen MR) is 70.5 cm³/mol. The Morgan fingerprint density at radius 3 is 3.22 bits per heavy atom. The van der Waals surface area contributed by atoms with Gasteiger partial charge in [0.2, 0.25) is 0 Å². The third kappa shape index (κ3) is 1.75. The van der Waals surface area contributed by atoms with Crippen molar-refractivity contribution in [1.29, 1.82) is 0 Å². The Labute approximate surface area is 106 Å². The summed E-state index contributed by atoms with van der Waals surface area (Å²) in [5.74, 6) is 1.43. The molecule has 0 spiro atoms.